The van der Waals surface area contributed by atoms with Crippen LogP contribution in [0.1, 0.15) is 10.4 Å². The first kappa shape index (κ1) is 14.9. The molecule has 5 nitrogen and oxygen atoms in total. The van der Waals surface area contributed by atoms with Crippen LogP contribution in [-0.2, 0) is 4.79 Å². The highest BCUT2D eigenvalue weighted by Crippen LogP contribution is 2.36. The number of halogens is 3. The van der Waals surface area contributed by atoms with Gasteiger partial charge in [-0.3, -0.25) is 9.59 Å². The van der Waals surface area contributed by atoms with Crippen LogP contribution in [0.5, 0.6) is 11.5 Å². The average molecular weight is 301 g/mol. The zero-order valence-corrected chi connectivity index (χ0v) is 10.6. The second-order valence-electron chi connectivity index (χ2n) is 4.06. The van der Waals surface area contributed by atoms with Crippen molar-refractivity contribution in [1.29, 1.82) is 0 Å². The van der Waals surface area contributed by atoms with E-state index in [0.29, 0.717) is 0 Å². The zero-order valence-electron chi connectivity index (χ0n) is 10.6. The number of hydrogen-bond acceptors (Lipinski definition) is 4. The van der Waals surface area contributed by atoms with Crippen LogP contribution >= 0.6 is 0 Å². The molecule has 0 aromatic heterocycles. The van der Waals surface area contributed by atoms with Crippen LogP contribution in [-0.4, -0.2) is 31.1 Å². The lowest BCUT2D eigenvalue weighted by molar-refractivity contribution is -0.167. The Balaban J connectivity index is 2.44. The number of rotatable bonds is 3. The maximum atomic E-state index is 12.3. The molecule has 0 fully saturated rings. The molecule has 0 bridgehead atoms. The van der Waals surface area contributed by atoms with Crippen molar-refractivity contribution < 1.29 is 32.2 Å². The van der Waals surface area contributed by atoms with Gasteiger partial charge in [-0.05, 0) is 12.1 Å². The summed E-state index contributed by atoms with van der Waals surface area (Å²) in [5.74, 6) is -2.46. The monoisotopic (exact) mass is 301 g/mol. The number of fused-ring (bicyclic) bond motifs is 1. The van der Waals surface area contributed by atoms with Crippen molar-refractivity contribution in [2.45, 2.75) is 6.18 Å². The normalized spacial score (nSPS) is 13.5. The molecule has 0 radical (unpaired) electrons. The number of alkyl halides is 3. The van der Waals surface area contributed by atoms with E-state index in [2.05, 4.69) is 6.58 Å². The molecule has 1 aliphatic rings. The number of benzene rings is 1. The lowest BCUT2D eigenvalue weighted by atomic mass is 10.1. The third-order valence-corrected chi connectivity index (χ3v) is 2.64. The summed E-state index contributed by atoms with van der Waals surface area (Å²) in [7, 11) is 0. The fourth-order valence-electron chi connectivity index (χ4n) is 1.70. The molecule has 1 aromatic carbocycles. The summed E-state index contributed by atoms with van der Waals surface area (Å²) in [6, 6.07) is 2.33. The van der Waals surface area contributed by atoms with Gasteiger partial charge in [0.1, 0.15) is 13.2 Å². The average Bonchev–Trinajstić information content (AvgIpc) is 2.44. The quantitative estimate of drug-likeness (QED) is 0.687. The summed E-state index contributed by atoms with van der Waals surface area (Å²) in [6.07, 6.45) is -4.14. The van der Waals surface area contributed by atoms with Gasteiger partial charge in [0.2, 0.25) is 0 Å². The molecule has 0 aliphatic carbocycles. The molecule has 0 unspecified atom stereocenters. The van der Waals surface area contributed by atoms with E-state index in [1.165, 1.54) is 6.07 Å². The largest absolute Gasteiger partial charge is 0.486 e. The highest BCUT2D eigenvalue weighted by molar-refractivity contribution is 6.11. The van der Waals surface area contributed by atoms with Crippen LogP contribution in [0.3, 0.4) is 0 Å². The van der Waals surface area contributed by atoms with E-state index in [4.69, 9.17) is 9.47 Å². The molecular weight excluding hydrogens is 291 g/mol. The molecule has 21 heavy (non-hydrogen) atoms. The van der Waals surface area contributed by atoms with E-state index in [1.54, 1.807) is 5.32 Å². The summed E-state index contributed by atoms with van der Waals surface area (Å²) in [4.78, 5) is 22.7. The zero-order chi connectivity index (χ0) is 15.6. The maximum absolute atomic E-state index is 12.3. The number of amides is 1. The Kier molecular flexibility index (Phi) is 3.88. The number of nitrogens with one attached hydrogen (secondary N) is 1. The van der Waals surface area contributed by atoms with Gasteiger partial charge in [-0.2, -0.15) is 13.2 Å². The molecule has 1 N–H and O–H groups in total. The standard InChI is InChI=1S/C13H10F3NO4/c1-2-9(18)7-5-10-11(21-4-3-20-10)6-8(7)17-12(19)13(14,15)16/h2,5-6H,1,3-4H2,(H,17,19). The number of anilines is 1. The van der Waals surface area contributed by atoms with Gasteiger partial charge >= 0.3 is 12.1 Å². The van der Waals surface area contributed by atoms with Crippen LogP contribution in [0.25, 0.3) is 0 Å². The summed E-state index contributed by atoms with van der Waals surface area (Å²) in [6.45, 7) is 3.73. The first-order valence-electron chi connectivity index (χ1n) is 5.81. The minimum atomic E-state index is -5.07. The predicted molar refractivity (Wildman–Crippen MR) is 66.6 cm³/mol. The third kappa shape index (κ3) is 3.15. The topological polar surface area (TPSA) is 64.6 Å². The Bertz CT molecular complexity index is 610. The van der Waals surface area contributed by atoms with Gasteiger partial charge < -0.3 is 14.8 Å². The Morgan fingerprint density at radius 2 is 1.76 bits per heavy atom. The summed E-state index contributed by atoms with van der Waals surface area (Å²) in [5, 5.41) is 1.65. The Hall–Kier alpha value is -2.51. The molecule has 1 amide bonds. The van der Waals surface area contributed by atoms with Crippen molar-refractivity contribution >= 4 is 17.4 Å². The van der Waals surface area contributed by atoms with Gasteiger partial charge in [0, 0.05) is 11.6 Å². The van der Waals surface area contributed by atoms with Crippen molar-refractivity contribution in [1.82, 2.24) is 0 Å². The first-order chi connectivity index (χ1) is 9.82. The third-order valence-electron chi connectivity index (χ3n) is 2.64. The number of ether oxygens (including phenoxy) is 2. The van der Waals surface area contributed by atoms with E-state index < -0.39 is 17.9 Å². The molecule has 0 atom stereocenters. The summed E-state index contributed by atoms with van der Waals surface area (Å²) < 4.78 is 47.4. The van der Waals surface area contributed by atoms with Gasteiger partial charge in [-0.15, -0.1) is 0 Å². The Morgan fingerprint density at radius 3 is 2.29 bits per heavy atom. The van der Waals surface area contributed by atoms with Crippen molar-refractivity contribution in [3.05, 3.63) is 30.4 Å². The molecule has 1 heterocycles. The number of carbonyl (C=O) groups is 2. The van der Waals surface area contributed by atoms with Gasteiger partial charge in [-0.25, -0.2) is 0 Å². The second kappa shape index (κ2) is 5.47. The van der Waals surface area contributed by atoms with Gasteiger partial charge in [0.25, 0.3) is 0 Å². The second-order valence-corrected chi connectivity index (χ2v) is 4.06. The van der Waals surface area contributed by atoms with Crippen molar-refractivity contribution in [2.24, 2.45) is 0 Å². The van der Waals surface area contributed by atoms with Gasteiger partial charge in [0.15, 0.2) is 17.3 Å². The number of hydrogen-bond donors (Lipinski definition) is 1. The van der Waals surface area contributed by atoms with Gasteiger partial charge in [-0.1, -0.05) is 6.58 Å². The number of allylic oxidation sites excluding steroid dienone is 1. The molecule has 8 heteroatoms. The minimum absolute atomic E-state index is 0.152. The molecular formula is C13H10F3NO4. The minimum Gasteiger partial charge on any atom is -0.486 e. The van der Waals surface area contributed by atoms with Crippen molar-refractivity contribution in [3.63, 3.8) is 0 Å². The van der Waals surface area contributed by atoms with Crippen LogP contribution in [0.4, 0.5) is 18.9 Å². The van der Waals surface area contributed by atoms with Crippen molar-refractivity contribution in [3.8, 4) is 11.5 Å². The van der Waals surface area contributed by atoms with Crippen LogP contribution in [0.15, 0.2) is 24.8 Å². The molecule has 0 saturated carbocycles. The molecule has 1 aliphatic heterocycles. The Labute approximate surface area is 117 Å². The molecule has 1 aromatic rings. The predicted octanol–water partition coefficient (Wildman–Crippen LogP) is 2.33. The number of ketones is 1. The van der Waals surface area contributed by atoms with E-state index >= 15 is 0 Å². The van der Waals surface area contributed by atoms with E-state index in [9.17, 15) is 22.8 Å². The number of carbonyl (C=O) groups excluding carboxylic acids is 2. The highest BCUT2D eigenvalue weighted by Gasteiger charge is 2.39. The van der Waals surface area contributed by atoms with Gasteiger partial charge in [0.05, 0.1) is 5.69 Å². The van der Waals surface area contributed by atoms with Crippen molar-refractivity contribution in [2.75, 3.05) is 18.5 Å². The van der Waals surface area contributed by atoms with Crippen LogP contribution in [0.2, 0.25) is 0 Å². The first-order valence-corrected chi connectivity index (χ1v) is 5.81. The molecule has 2 rings (SSSR count). The maximum Gasteiger partial charge on any atom is 0.471 e. The summed E-state index contributed by atoms with van der Waals surface area (Å²) in [5.41, 5.74) is -0.474. The van der Waals surface area contributed by atoms with E-state index in [0.717, 1.165) is 12.1 Å². The molecule has 0 spiro atoms. The lowest BCUT2D eigenvalue weighted by Gasteiger charge is -2.21. The SMILES string of the molecule is C=CC(=O)c1cc2c(cc1NC(=O)C(F)(F)F)OCCO2. The van der Waals surface area contributed by atoms with E-state index in [1.807, 2.05) is 0 Å². The molecule has 112 valence electrons. The molecule has 0 saturated heterocycles. The van der Waals surface area contributed by atoms with Crippen LogP contribution in [0, 0.1) is 0 Å². The fourth-order valence-corrected chi connectivity index (χ4v) is 1.70. The Morgan fingerprint density at radius 1 is 1.19 bits per heavy atom. The fraction of sp³-hybridized carbons (Fsp3) is 0.231. The highest BCUT2D eigenvalue weighted by atomic mass is 19.4. The van der Waals surface area contributed by atoms with Crippen LogP contribution < -0.4 is 14.8 Å². The smallest absolute Gasteiger partial charge is 0.471 e. The lowest BCUT2D eigenvalue weighted by Crippen LogP contribution is -2.30. The van der Waals surface area contributed by atoms with E-state index in [-0.39, 0.29) is 36.0 Å². The summed E-state index contributed by atoms with van der Waals surface area (Å²) >= 11 is 0.